The molecule has 1 fully saturated rings. The summed E-state index contributed by atoms with van der Waals surface area (Å²) >= 11 is 0.836. The average molecular weight is 743 g/mol. The van der Waals surface area contributed by atoms with E-state index in [9.17, 15) is 9.59 Å². The molecule has 6 nitrogen and oxygen atoms in total. The maximum absolute atomic E-state index is 17.5. The van der Waals surface area contributed by atoms with Crippen LogP contribution >= 0.6 is 11.8 Å². The van der Waals surface area contributed by atoms with Crippen molar-refractivity contribution in [3.05, 3.63) is 150 Å². The monoisotopic (exact) mass is 743 g/mol. The zero-order valence-corrected chi connectivity index (χ0v) is 30.6. The first kappa shape index (κ1) is 34.1. The second kappa shape index (κ2) is 14.4. The Morgan fingerprint density at radius 2 is 1.46 bits per heavy atom. The van der Waals surface area contributed by atoms with Crippen molar-refractivity contribution in [2.75, 3.05) is 11.9 Å². The van der Waals surface area contributed by atoms with Gasteiger partial charge in [-0.3, -0.25) is 0 Å². The van der Waals surface area contributed by atoms with Crippen LogP contribution in [0.2, 0.25) is 5.04 Å². The van der Waals surface area contributed by atoms with E-state index < -0.39 is 38.9 Å². The fourth-order valence-corrected chi connectivity index (χ4v) is 15.8. The Labute approximate surface area is 292 Å². The molecule has 0 bridgehead atoms. The molecule has 5 aromatic rings. The molecule has 10 heteroatoms. The Morgan fingerprint density at radius 1 is 0.917 bits per heavy atom. The van der Waals surface area contributed by atoms with Crippen LogP contribution in [-0.2, 0) is 4.43 Å². The SMILES string of the molecule is CC(C)(C)[Si](OC[C@H]1C[C@](F)([Se]c2ccccc2)[C@@H](n2ccc(NC(=O)c3ccccc3)nc2=O)S1)(c1ccccc1)c1ccccc1. The van der Waals surface area contributed by atoms with Crippen molar-refractivity contribution >= 4 is 61.6 Å². The van der Waals surface area contributed by atoms with Crippen LogP contribution in [0.3, 0.4) is 0 Å². The average Bonchev–Trinajstić information content (AvgIpc) is 3.41. The summed E-state index contributed by atoms with van der Waals surface area (Å²) in [5, 5.41) is 3.77. The molecule has 1 aliphatic heterocycles. The van der Waals surface area contributed by atoms with Gasteiger partial charge in [0.15, 0.2) is 0 Å². The predicted octanol–water partition coefficient (Wildman–Crippen LogP) is 5.77. The molecule has 6 rings (SSSR count). The van der Waals surface area contributed by atoms with E-state index in [4.69, 9.17) is 4.43 Å². The van der Waals surface area contributed by atoms with Gasteiger partial charge in [0.25, 0.3) is 0 Å². The van der Waals surface area contributed by atoms with E-state index in [0.29, 0.717) is 12.2 Å². The second-order valence-electron chi connectivity index (χ2n) is 12.8. The number of aromatic nitrogens is 2. The van der Waals surface area contributed by atoms with Crippen LogP contribution in [0.4, 0.5) is 10.2 Å². The Morgan fingerprint density at radius 3 is 2.00 bits per heavy atom. The van der Waals surface area contributed by atoms with Crippen LogP contribution in [0.25, 0.3) is 0 Å². The van der Waals surface area contributed by atoms with Crippen molar-refractivity contribution in [3.63, 3.8) is 0 Å². The number of halogens is 1. The van der Waals surface area contributed by atoms with Gasteiger partial charge in [-0.2, -0.15) is 0 Å². The number of alkyl halides is 1. The van der Waals surface area contributed by atoms with Gasteiger partial charge in [0.05, 0.1) is 0 Å². The number of amides is 1. The van der Waals surface area contributed by atoms with Crippen molar-refractivity contribution in [2.45, 2.75) is 47.4 Å². The van der Waals surface area contributed by atoms with Crippen LogP contribution in [0.15, 0.2) is 138 Å². The molecule has 0 radical (unpaired) electrons. The normalized spacial score (nSPS) is 19.6. The number of nitrogens with zero attached hydrogens (tertiary/aromatic N) is 2. The van der Waals surface area contributed by atoms with Gasteiger partial charge in [-0.25, -0.2) is 0 Å². The molecule has 0 saturated carbocycles. The maximum atomic E-state index is 17.5. The number of carbonyl (C=O) groups is 1. The van der Waals surface area contributed by atoms with Crippen molar-refractivity contribution < 1.29 is 13.6 Å². The van der Waals surface area contributed by atoms with Crippen LogP contribution in [-0.4, -0.2) is 55.2 Å². The third-order valence-electron chi connectivity index (χ3n) is 8.49. The fraction of sp³-hybridized carbons (Fsp3) is 0.237. The van der Waals surface area contributed by atoms with E-state index in [-0.39, 0.29) is 28.4 Å². The van der Waals surface area contributed by atoms with Gasteiger partial charge in [-0.15, -0.1) is 0 Å². The zero-order chi connectivity index (χ0) is 33.8. The molecule has 1 aliphatic rings. The number of carbonyl (C=O) groups excluding carboxylic acids is 1. The van der Waals surface area contributed by atoms with E-state index in [2.05, 4.69) is 79.6 Å². The number of hydrogen-bond acceptors (Lipinski definition) is 5. The third-order valence-corrected chi connectivity index (χ3v) is 18.0. The van der Waals surface area contributed by atoms with E-state index in [1.807, 2.05) is 48.5 Å². The van der Waals surface area contributed by atoms with Crippen LogP contribution < -0.4 is 25.8 Å². The molecule has 1 aromatic heterocycles. The van der Waals surface area contributed by atoms with Crippen molar-refractivity contribution in [2.24, 2.45) is 0 Å². The van der Waals surface area contributed by atoms with Gasteiger partial charge < -0.3 is 0 Å². The van der Waals surface area contributed by atoms with E-state index in [0.717, 1.165) is 14.8 Å². The van der Waals surface area contributed by atoms with Gasteiger partial charge in [-0.1, -0.05) is 0 Å². The van der Waals surface area contributed by atoms with Crippen molar-refractivity contribution in [1.82, 2.24) is 9.55 Å². The summed E-state index contributed by atoms with van der Waals surface area (Å²) in [4.78, 5) is 30.4. The molecule has 1 N–H and O–H groups in total. The summed E-state index contributed by atoms with van der Waals surface area (Å²) in [6.07, 6.45) is 1.78. The van der Waals surface area contributed by atoms with Gasteiger partial charge in [-0.05, 0) is 0 Å². The topological polar surface area (TPSA) is 73.2 Å². The first-order chi connectivity index (χ1) is 23.1. The molecule has 0 aliphatic carbocycles. The predicted molar refractivity (Wildman–Crippen MR) is 197 cm³/mol. The van der Waals surface area contributed by atoms with E-state index in [1.54, 1.807) is 36.5 Å². The Balaban J connectivity index is 1.31. The van der Waals surface area contributed by atoms with Gasteiger partial charge >= 0.3 is 294 Å². The van der Waals surface area contributed by atoms with Crippen molar-refractivity contribution in [1.29, 1.82) is 0 Å². The standard InChI is InChI=1S/C38H38FN3O3SSeSi/c1-37(2,3)48(31-20-12-6-13-21-31,32-22-14-7-15-23-32)45-27-29-26-38(39,47-30-18-10-5-11-19-30)35(46-29)42-25-24-33(41-36(42)44)40-34(43)28-16-8-4-9-17-28/h4-25,29,35H,26-27H2,1-3H3,(H,40,41,43,44)/t29-,35+,38+/m1/s1. The fourth-order valence-electron chi connectivity index (χ4n) is 6.31. The quantitative estimate of drug-likeness (QED) is 0.184. The third kappa shape index (κ3) is 7.14. The van der Waals surface area contributed by atoms with Gasteiger partial charge in [0.1, 0.15) is 0 Å². The number of hydrogen-bond donors (Lipinski definition) is 1. The van der Waals surface area contributed by atoms with Gasteiger partial charge in [0.2, 0.25) is 0 Å². The number of rotatable bonds is 10. The Hall–Kier alpha value is -3.79. The molecule has 1 amide bonds. The summed E-state index contributed by atoms with van der Waals surface area (Å²) in [6, 6.07) is 40.7. The van der Waals surface area contributed by atoms with E-state index >= 15 is 4.39 Å². The first-order valence-corrected chi connectivity index (χ1v) is 20.4. The molecule has 4 aromatic carbocycles. The summed E-state index contributed by atoms with van der Waals surface area (Å²) in [5.74, 6) is -0.249. The number of benzene rings is 4. The minimum absolute atomic E-state index is 0.123. The molecular weight excluding hydrogens is 705 g/mol. The minimum atomic E-state index is -2.85. The first-order valence-electron chi connectivity index (χ1n) is 15.9. The molecular formula is C38H38FN3O3SSeSi. The molecule has 2 heterocycles. The van der Waals surface area contributed by atoms with Crippen LogP contribution in [0.5, 0.6) is 0 Å². The molecule has 0 unspecified atom stereocenters. The van der Waals surface area contributed by atoms with Crippen LogP contribution in [0.1, 0.15) is 42.9 Å². The molecule has 0 spiro atoms. The second-order valence-corrected chi connectivity index (χ2v) is 21.3. The van der Waals surface area contributed by atoms with Crippen molar-refractivity contribution in [3.8, 4) is 0 Å². The molecule has 3 atom stereocenters. The molecule has 48 heavy (non-hydrogen) atoms. The Bertz CT molecular complexity index is 1860. The van der Waals surface area contributed by atoms with E-state index in [1.165, 1.54) is 16.3 Å². The molecule has 246 valence electrons. The van der Waals surface area contributed by atoms with Crippen LogP contribution in [0, 0.1) is 0 Å². The number of nitrogens with one attached hydrogen (secondary N) is 1. The number of anilines is 1. The molecule has 1 saturated heterocycles. The number of thioether (sulfide) groups is 1. The Kier molecular flexibility index (Phi) is 10.2. The summed E-state index contributed by atoms with van der Waals surface area (Å²) in [5.41, 5.74) is -0.162. The van der Waals surface area contributed by atoms with Gasteiger partial charge in [0, 0.05) is 0 Å². The summed E-state index contributed by atoms with van der Waals surface area (Å²) < 4.78 is 25.3. The summed E-state index contributed by atoms with van der Waals surface area (Å²) in [6.45, 7) is 7.01. The summed E-state index contributed by atoms with van der Waals surface area (Å²) in [7, 11) is -2.85. The zero-order valence-electron chi connectivity index (χ0n) is 27.1.